The lowest BCUT2D eigenvalue weighted by molar-refractivity contribution is -0.277. The molecule has 0 bridgehead atoms. The smallest absolute Gasteiger partial charge is 0.231 e. The van der Waals surface area contributed by atoms with Crippen molar-refractivity contribution in [1.29, 1.82) is 0 Å². The lowest BCUT2D eigenvalue weighted by Crippen LogP contribution is -2.60. The zero-order valence-electron chi connectivity index (χ0n) is 15.6. The van der Waals surface area contributed by atoms with Gasteiger partial charge in [0.15, 0.2) is 5.76 Å². The molecule has 0 saturated carbocycles. The Bertz CT molecular complexity index is 967. The third kappa shape index (κ3) is 3.76. The molecule has 2 aromatic rings. The highest BCUT2D eigenvalue weighted by molar-refractivity contribution is 6.14. The Morgan fingerprint density at radius 3 is 2.43 bits per heavy atom. The predicted octanol–water partition coefficient (Wildman–Crippen LogP) is 0.187. The monoisotopic (exact) mass is 416 g/mol. The number of hydrogen-bond acceptors (Lipinski definition) is 9. The Kier molecular flexibility index (Phi) is 5.46. The third-order valence-corrected chi connectivity index (χ3v) is 4.93. The summed E-state index contributed by atoms with van der Waals surface area (Å²) in [5.41, 5.74) is 0.989. The minimum Gasteiger partial charge on any atom is -0.508 e. The van der Waals surface area contributed by atoms with E-state index in [2.05, 4.69) is 0 Å². The quantitative estimate of drug-likeness (QED) is 0.441. The SMILES string of the molecule is O=C1C(=Cc2ccc(O)cc2)Oc2cc(O[C@H]3O[C@@H](CO)[C@H](O)[C@H](O)[C@@H]3O)ccc21. The van der Waals surface area contributed by atoms with Crippen molar-refractivity contribution in [2.45, 2.75) is 30.7 Å². The maximum absolute atomic E-state index is 12.5. The van der Waals surface area contributed by atoms with Crippen molar-refractivity contribution in [1.82, 2.24) is 0 Å². The van der Waals surface area contributed by atoms with E-state index in [9.17, 15) is 30.3 Å². The fourth-order valence-corrected chi connectivity index (χ4v) is 3.26. The van der Waals surface area contributed by atoms with Crippen LogP contribution in [-0.2, 0) is 4.74 Å². The Labute approximate surface area is 171 Å². The first-order valence-electron chi connectivity index (χ1n) is 9.22. The molecule has 0 amide bonds. The van der Waals surface area contributed by atoms with Crippen LogP contribution in [0, 0.1) is 0 Å². The molecular formula is C21H20O9. The molecule has 0 radical (unpaired) electrons. The van der Waals surface area contributed by atoms with E-state index in [4.69, 9.17) is 14.2 Å². The number of fused-ring (bicyclic) bond motifs is 1. The van der Waals surface area contributed by atoms with E-state index in [0.717, 1.165) is 0 Å². The lowest BCUT2D eigenvalue weighted by Gasteiger charge is -2.39. The lowest BCUT2D eigenvalue weighted by atomic mass is 9.99. The summed E-state index contributed by atoms with van der Waals surface area (Å²) in [5.74, 6) is 0.316. The number of carbonyl (C=O) groups excluding carboxylic acids is 1. The van der Waals surface area contributed by atoms with Crippen molar-refractivity contribution >= 4 is 11.9 Å². The van der Waals surface area contributed by atoms with E-state index in [1.807, 2.05) is 0 Å². The number of phenols is 1. The number of aromatic hydroxyl groups is 1. The Morgan fingerprint density at radius 2 is 1.73 bits per heavy atom. The van der Waals surface area contributed by atoms with Crippen LogP contribution in [-0.4, -0.2) is 68.6 Å². The van der Waals surface area contributed by atoms with Crippen molar-refractivity contribution in [3.63, 3.8) is 0 Å². The van der Waals surface area contributed by atoms with Crippen LogP contribution in [0.3, 0.4) is 0 Å². The van der Waals surface area contributed by atoms with E-state index in [-0.39, 0.29) is 28.8 Å². The molecule has 2 aromatic carbocycles. The van der Waals surface area contributed by atoms with Crippen LogP contribution in [0.25, 0.3) is 6.08 Å². The molecule has 9 nitrogen and oxygen atoms in total. The summed E-state index contributed by atoms with van der Waals surface area (Å²) in [6.45, 7) is -0.571. The van der Waals surface area contributed by atoms with E-state index in [1.54, 1.807) is 18.2 Å². The van der Waals surface area contributed by atoms with Gasteiger partial charge in [0, 0.05) is 6.07 Å². The standard InChI is InChI=1S/C21H20O9/c22-9-16-18(25)19(26)20(27)21(30-16)28-12-5-6-13-14(8-12)29-15(17(13)24)7-10-1-3-11(23)4-2-10/h1-8,16,18-23,25-27H,9H2/t16-,18-,19-,20-,21-/m0/s1. The van der Waals surface area contributed by atoms with Crippen LogP contribution in [0.1, 0.15) is 15.9 Å². The minimum atomic E-state index is -1.56. The second-order valence-electron chi connectivity index (χ2n) is 7.00. The highest BCUT2D eigenvalue weighted by Crippen LogP contribution is 2.36. The first-order valence-corrected chi connectivity index (χ1v) is 9.22. The van der Waals surface area contributed by atoms with Gasteiger partial charge in [-0.25, -0.2) is 0 Å². The first kappa shape index (κ1) is 20.3. The second kappa shape index (κ2) is 8.05. The molecule has 1 saturated heterocycles. The van der Waals surface area contributed by atoms with E-state index in [1.165, 1.54) is 30.3 Å². The van der Waals surface area contributed by atoms with Crippen molar-refractivity contribution in [2.75, 3.05) is 6.61 Å². The fraction of sp³-hybridized carbons (Fsp3) is 0.286. The number of ether oxygens (including phenoxy) is 3. The molecule has 9 heteroatoms. The fourth-order valence-electron chi connectivity index (χ4n) is 3.26. The highest BCUT2D eigenvalue weighted by atomic mass is 16.7. The van der Waals surface area contributed by atoms with Gasteiger partial charge in [-0.2, -0.15) is 0 Å². The van der Waals surface area contributed by atoms with Gasteiger partial charge in [0.05, 0.1) is 12.2 Å². The molecule has 2 aliphatic rings. The molecule has 0 unspecified atom stereocenters. The number of hydrogen-bond donors (Lipinski definition) is 5. The van der Waals surface area contributed by atoms with E-state index >= 15 is 0 Å². The van der Waals surface area contributed by atoms with E-state index < -0.39 is 37.3 Å². The van der Waals surface area contributed by atoms with Crippen LogP contribution < -0.4 is 9.47 Å². The average Bonchev–Trinajstić information content (AvgIpc) is 3.05. The number of benzene rings is 2. The molecule has 0 spiro atoms. The minimum absolute atomic E-state index is 0.0979. The van der Waals surface area contributed by atoms with Gasteiger partial charge in [-0.1, -0.05) is 12.1 Å². The molecule has 5 atom stereocenters. The molecular weight excluding hydrogens is 396 g/mol. The van der Waals surface area contributed by atoms with Gasteiger partial charge in [-0.3, -0.25) is 4.79 Å². The van der Waals surface area contributed by atoms with Crippen molar-refractivity contribution in [3.05, 3.63) is 59.4 Å². The van der Waals surface area contributed by atoms with Gasteiger partial charge in [0.25, 0.3) is 0 Å². The van der Waals surface area contributed by atoms with Crippen LogP contribution in [0.4, 0.5) is 0 Å². The largest absolute Gasteiger partial charge is 0.508 e. The number of Topliss-reactive ketones (excluding diaryl/α,β-unsaturated/α-hetero) is 1. The molecule has 4 rings (SSSR count). The van der Waals surface area contributed by atoms with Gasteiger partial charge in [-0.05, 0) is 35.9 Å². The number of allylic oxidation sites excluding steroid dienone is 1. The Balaban J connectivity index is 1.52. The molecule has 158 valence electrons. The van der Waals surface area contributed by atoms with Gasteiger partial charge in [0.2, 0.25) is 12.1 Å². The summed E-state index contributed by atoms with van der Waals surface area (Å²) < 4.78 is 16.5. The molecule has 2 heterocycles. The first-order chi connectivity index (χ1) is 14.4. The molecule has 1 fully saturated rings. The van der Waals surface area contributed by atoms with Gasteiger partial charge in [0.1, 0.15) is 41.7 Å². The number of aliphatic hydroxyl groups excluding tert-OH is 4. The molecule has 2 aliphatic heterocycles. The Morgan fingerprint density at radius 1 is 1.00 bits per heavy atom. The summed E-state index contributed by atoms with van der Waals surface area (Å²) in [4.78, 5) is 12.5. The van der Waals surface area contributed by atoms with Crippen LogP contribution in [0.2, 0.25) is 0 Å². The van der Waals surface area contributed by atoms with Crippen LogP contribution in [0.5, 0.6) is 17.2 Å². The molecule has 0 aliphatic carbocycles. The van der Waals surface area contributed by atoms with Gasteiger partial charge >= 0.3 is 0 Å². The normalized spacial score (nSPS) is 29.5. The number of rotatable bonds is 4. The molecule has 0 aromatic heterocycles. The van der Waals surface area contributed by atoms with Crippen molar-refractivity contribution < 1.29 is 44.5 Å². The highest BCUT2D eigenvalue weighted by Gasteiger charge is 2.44. The van der Waals surface area contributed by atoms with Crippen molar-refractivity contribution in [2.24, 2.45) is 0 Å². The van der Waals surface area contributed by atoms with Gasteiger partial charge in [-0.15, -0.1) is 0 Å². The maximum atomic E-state index is 12.5. The molecule has 30 heavy (non-hydrogen) atoms. The van der Waals surface area contributed by atoms with Crippen molar-refractivity contribution in [3.8, 4) is 17.2 Å². The average molecular weight is 416 g/mol. The molecule has 5 N–H and O–H groups in total. The Hall–Kier alpha value is -2.95. The third-order valence-electron chi connectivity index (χ3n) is 4.93. The maximum Gasteiger partial charge on any atom is 0.231 e. The van der Waals surface area contributed by atoms with Gasteiger partial charge < -0.3 is 39.7 Å². The zero-order valence-corrected chi connectivity index (χ0v) is 15.6. The number of carbonyl (C=O) groups is 1. The summed E-state index contributed by atoms with van der Waals surface area (Å²) >= 11 is 0. The summed E-state index contributed by atoms with van der Waals surface area (Å²) in [6.07, 6.45) is -5.50. The number of ketones is 1. The second-order valence-corrected chi connectivity index (χ2v) is 7.00. The van der Waals surface area contributed by atoms with E-state index in [0.29, 0.717) is 11.1 Å². The summed E-state index contributed by atoms with van der Waals surface area (Å²) in [6, 6.07) is 10.7. The number of aliphatic hydroxyl groups is 4. The van der Waals surface area contributed by atoms with Crippen LogP contribution >= 0.6 is 0 Å². The number of phenolic OH excluding ortho intramolecular Hbond substituents is 1. The topological polar surface area (TPSA) is 146 Å². The summed E-state index contributed by atoms with van der Waals surface area (Å²) in [7, 11) is 0. The van der Waals surface area contributed by atoms with Crippen LogP contribution in [0.15, 0.2) is 48.2 Å². The predicted molar refractivity (Wildman–Crippen MR) is 102 cm³/mol. The zero-order chi connectivity index (χ0) is 21.4. The summed E-state index contributed by atoms with van der Waals surface area (Å²) in [5, 5.41) is 48.4.